The third-order valence-electron chi connectivity index (χ3n) is 0. The second kappa shape index (κ2) is 89.0. The van der Waals surface area contributed by atoms with Crippen molar-refractivity contribution in [2.45, 2.75) is 0 Å². The van der Waals surface area contributed by atoms with Crippen LogP contribution in [0.1, 0.15) is 0 Å². The molecule has 0 amide bonds. The summed E-state index contributed by atoms with van der Waals surface area (Å²) in [7, 11) is 0. The van der Waals surface area contributed by atoms with Crippen molar-refractivity contribution in [1.29, 1.82) is 0 Å². The van der Waals surface area contributed by atoms with E-state index in [9.17, 15) is 0 Å². The minimum Gasteiger partial charge on any atom is -2.00 e. The van der Waals surface area contributed by atoms with Crippen LogP contribution in [-0.2, 0) is 96.3 Å². The molecular formula is C2H2Cu5O10. The van der Waals surface area contributed by atoms with E-state index in [-0.39, 0.29) is 107 Å². The first-order valence-electron chi connectivity index (χ1n) is 1.22. The number of carbonyl (C=O) groups is 2. The van der Waals surface area contributed by atoms with E-state index in [1.165, 1.54) is 0 Å². The third-order valence-corrected chi connectivity index (χ3v) is 0. The van der Waals surface area contributed by atoms with Crippen molar-refractivity contribution >= 4 is 12.3 Å². The van der Waals surface area contributed by atoms with Gasteiger partial charge < -0.3 is 51.9 Å². The number of carboxylic acid groups (broad SMARTS) is 4. The van der Waals surface area contributed by atoms with E-state index in [1.54, 1.807) is 0 Å². The molecule has 10 nitrogen and oxygen atoms in total. The molecule has 15 heteroatoms. The molecule has 0 aromatic rings. The molecule has 0 unspecified atom stereocenters. The molecule has 0 fully saturated rings. The Bertz CT molecular complexity index is 80.7. The van der Waals surface area contributed by atoms with Crippen LogP contribution in [-0.4, -0.2) is 23.3 Å². The third kappa shape index (κ3) is 3990. The Labute approximate surface area is 149 Å². The minimum atomic E-state index is -2.33. The molecular weight excluding hydrogens is 502 g/mol. The van der Waals surface area contributed by atoms with E-state index in [2.05, 4.69) is 0 Å². The normalized spacial score (nSPS) is 2.82. The van der Waals surface area contributed by atoms with E-state index in [1.807, 2.05) is 0 Å². The van der Waals surface area contributed by atoms with Crippen molar-refractivity contribution in [3.8, 4) is 0 Å². The van der Waals surface area contributed by atoms with Gasteiger partial charge in [0.1, 0.15) is 0 Å². The first-order valence-corrected chi connectivity index (χ1v) is 1.22. The van der Waals surface area contributed by atoms with Gasteiger partial charge in [-0.25, -0.2) is 0 Å². The molecule has 0 atom stereocenters. The van der Waals surface area contributed by atoms with Gasteiger partial charge in [0, 0.05) is 0 Å². The fourth-order valence-corrected chi connectivity index (χ4v) is 0. The average molecular weight is 504 g/mol. The van der Waals surface area contributed by atoms with Crippen LogP contribution in [0.5, 0.6) is 0 Å². The van der Waals surface area contributed by atoms with Gasteiger partial charge >= 0.3 is 85.3 Å². The van der Waals surface area contributed by atoms with E-state index >= 15 is 0 Å². The molecule has 0 aliphatic rings. The van der Waals surface area contributed by atoms with Crippen molar-refractivity contribution < 1.29 is 137 Å². The minimum absolute atomic E-state index is 0. The average Bonchev–Trinajstić information content (AvgIpc) is 1.25. The second-order valence-electron chi connectivity index (χ2n) is 0.500. The van der Waals surface area contributed by atoms with Gasteiger partial charge in [0.05, 0.1) is 0 Å². The Balaban J connectivity index is -0.00000000308. The van der Waals surface area contributed by atoms with Crippen molar-refractivity contribution in [1.82, 2.24) is 0 Å². The molecule has 0 saturated carbocycles. The Hall–Kier alpha value is 0.977. The SMILES string of the molecule is O=C([O-])[O-].O=C([O-])[O-].[Cu+2].[Cu+2].[Cu+2].[Cu+2].[Cu+2].[O-2].[O-2].[OH-].[OH-]. The Morgan fingerprint density at radius 1 is 0.529 bits per heavy atom. The molecule has 0 aromatic heterocycles. The topological polar surface area (TPSA) is 243 Å². The number of hydrogen-bond donors (Lipinski definition) is 0. The van der Waals surface area contributed by atoms with Crippen molar-refractivity contribution in [2.24, 2.45) is 0 Å². The Morgan fingerprint density at radius 3 is 0.529 bits per heavy atom. The predicted molar refractivity (Wildman–Crippen MR) is 16.0 cm³/mol. The molecule has 0 heterocycles. The summed E-state index contributed by atoms with van der Waals surface area (Å²) < 4.78 is 0. The van der Waals surface area contributed by atoms with Gasteiger partial charge in [-0.1, -0.05) is 0 Å². The molecule has 0 saturated heterocycles. The van der Waals surface area contributed by atoms with Crippen LogP contribution in [0.2, 0.25) is 0 Å². The summed E-state index contributed by atoms with van der Waals surface area (Å²) in [5.74, 6) is 0. The first kappa shape index (κ1) is 106. The molecule has 0 spiro atoms. The van der Waals surface area contributed by atoms with E-state index in [0.717, 1.165) is 0 Å². The summed E-state index contributed by atoms with van der Waals surface area (Å²) in [6.45, 7) is 0. The molecule has 125 valence electrons. The van der Waals surface area contributed by atoms with Crippen LogP contribution >= 0.6 is 0 Å². The largest absolute Gasteiger partial charge is 2.00 e. The molecule has 5 radical (unpaired) electrons. The van der Waals surface area contributed by atoms with Crippen LogP contribution in [0, 0.1) is 0 Å². The summed E-state index contributed by atoms with van der Waals surface area (Å²) in [4.78, 5) is 16.7. The maximum absolute atomic E-state index is 8.33. The van der Waals surface area contributed by atoms with Crippen molar-refractivity contribution in [3.63, 3.8) is 0 Å². The summed E-state index contributed by atoms with van der Waals surface area (Å²) in [6, 6.07) is 0. The second-order valence-corrected chi connectivity index (χ2v) is 0.500. The molecule has 0 aliphatic carbocycles. The van der Waals surface area contributed by atoms with Gasteiger partial charge in [-0.3, -0.25) is 0 Å². The predicted octanol–water partition coefficient (Wildman–Crippen LogP) is -5.50. The molecule has 0 aromatic carbocycles. The number of hydrogen-bond acceptors (Lipinski definition) is 8. The van der Waals surface area contributed by atoms with E-state index < -0.39 is 12.3 Å². The maximum Gasteiger partial charge on any atom is 2.00 e. The Kier molecular flexibility index (Phi) is 557. The van der Waals surface area contributed by atoms with Gasteiger partial charge in [0.25, 0.3) is 0 Å². The van der Waals surface area contributed by atoms with Crippen LogP contribution < -0.4 is 20.4 Å². The van der Waals surface area contributed by atoms with Crippen LogP contribution in [0.25, 0.3) is 0 Å². The zero-order chi connectivity index (χ0) is 7.15. The van der Waals surface area contributed by atoms with Crippen LogP contribution in [0.15, 0.2) is 0 Å². The quantitative estimate of drug-likeness (QED) is 0.288. The molecule has 0 bridgehead atoms. The van der Waals surface area contributed by atoms with Gasteiger partial charge in [-0.05, 0) is 12.3 Å². The number of rotatable bonds is 0. The molecule has 0 rings (SSSR count). The zero-order valence-electron chi connectivity index (χ0n) is 6.67. The van der Waals surface area contributed by atoms with E-state index in [0.29, 0.717) is 0 Å². The summed E-state index contributed by atoms with van der Waals surface area (Å²) >= 11 is 0. The fraction of sp³-hybridized carbons (Fsp3) is 0. The molecule has 2 N–H and O–H groups in total. The molecule has 0 aliphatic heterocycles. The first-order chi connectivity index (χ1) is 3.46. The smallest absolute Gasteiger partial charge is 2.00 e. The Morgan fingerprint density at radius 2 is 0.529 bits per heavy atom. The van der Waals surface area contributed by atoms with Gasteiger partial charge in [0.15, 0.2) is 0 Å². The molecule has 17 heavy (non-hydrogen) atoms. The van der Waals surface area contributed by atoms with Gasteiger partial charge in [-0.2, -0.15) is 0 Å². The van der Waals surface area contributed by atoms with Gasteiger partial charge in [-0.15, -0.1) is 0 Å². The van der Waals surface area contributed by atoms with Crippen molar-refractivity contribution in [3.05, 3.63) is 0 Å². The zero-order valence-corrected chi connectivity index (χ0v) is 11.4. The van der Waals surface area contributed by atoms with Crippen LogP contribution in [0.4, 0.5) is 9.59 Å². The van der Waals surface area contributed by atoms with Crippen LogP contribution in [0.3, 0.4) is 0 Å². The standard InChI is InChI=1S/2CH2O3.5Cu.2H2O.2O/c2*2-1(3)4;;;;;;;;;/h2*(H2,2,3,4);;;;;;2*1H2;;/q;;5*+2;;;2*-2/p-6. The van der Waals surface area contributed by atoms with E-state index in [4.69, 9.17) is 30.0 Å². The summed E-state index contributed by atoms with van der Waals surface area (Å²) in [5.41, 5.74) is 0. The maximum atomic E-state index is 8.33. The van der Waals surface area contributed by atoms with Crippen molar-refractivity contribution in [2.75, 3.05) is 0 Å². The number of carbonyl (C=O) groups excluding carboxylic acids is 2. The monoisotopic (exact) mass is 501 g/mol. The van der Waals surface area contributed by atoms with Gasteiger partial charge in [0.2, 0.25) is 0 Å². The fourth-order valence-electron chi connectivity index (χ4n) is 0. The summed E-state index contributed by atoms with van der Waals surface area (Å²) in [6.07, 6.45) is -4.67. The summed E-state index contributed by atoms with van der Waals surface area (Å²) in [5, 5.41) is 33.3.